The highest BCUT2D eigenvalue weighted by molar-refractivity contribution is 5.89. The maximum atomic E-state index is 12.2. The molecule has 0 aliphatic carbocycles. The molecular weight excluding hydrogens is 219 g/mol. The van der Waals surface area contributed by atoms with Crippen LogP contribution in [-0.2, 0) is 11.2 Å². The van der Waals surface area contributed by atoms with Crippen LogP contribution >= 0.6 is 0 Å². The molecule has 0 spiro atoms. The second-order valence-corrected chi connectivity index (χ2v) is 3.55. The maximum absolute atomic E-state index is 12.2. The molecule has 84 valence electrons. The molecule has 0 saturated carbocycles. The summed E-state index contributed by atoms with van der Waals surface area (Å²) < 4.78 is 36.6. The first-order valence-electron chi connectivity index (χ1n) is 4.69. The molecule has 1 aliphatic rings. The van der Waals surface area contributed by atoms with E-state index in [0.29, 0.717) is 11.1 Å². The zero-order valence-electron chi connectivity index (χ0n) is 8.14. The van der Waals surface area contributed by atoms with E-state index in [1.54, 1.807) is 24.3 Å². The maximum Gasteiger partial charge on any atom is 0.451 e. The van der Waals surface area contributed by atoms with Crippen LogP contribution in [0.1, 0.15) is 11.1 Å². The van der Waals surface area contributed by atoms with E-state index in [1.807, 2.05) is 0 Å². The van der Waals surface area contributed by atoms with E-state index in [2.05, 4.69) is 11.9 Å². The van der Waals surface area contributed by atoms with Gasteiger partial charge < -0.3 is 0 Å². The lowest BCUT2D eigenvalue weighted by Gasteiger charge is -2.24. The Hall–Kier alpha value is -1.36. The SMILES string of the molecule is O=C(C1Cc2ccccc2[C]N1)C(F)(F)F. The van der Waals surface area contributed by atoms with Gasteiger partial charge in [0.05, 0.1) is 12.6 Å². The molecule has 2 radical (unpaired) electrons. The van der Waals surface area contributed by atoms with Crippen LogP contribution in [0.15, 0.2) is 24.3 Å². The van der Waals surface area contributed by atoms with Crippen LogP contribution in [0.4, 0.5) is 13.2 Å². The number of alkyl halides is 3. The molecule has 1 atom stereocenters. The van der Waals surface area contributed by atoms with Gasteiger partial charge in [-0.15, -0.1) is 0 Å². The van der Waals surface area contributed by atoms with Crippen LogP contribution in [0.25, 0.3) is 0 Å². The quantitative estimate of drug-likeness (QED) is 0.791. The number of nitrogens with one attached hydrogen (secondary N) is 1. The minimum atomic E-state index is -4.80. The van der Waals surface area contributed by atoms with Gasteiger partial charge in [0.15, 0.2) is 0 Å². The molecular formula is C11H8F3NO. The van der Waals surface area contributed by atoms with E-state index >= 15 is 0 Å². The number of Topliss-reactive ketones (excluding diaryl/α,β-unsaturated/α-hetero) is 1. The van der Waals surface area contributed by atoms with Crippen molar-refractivity contribution < 1.29 is 18.0 Å². The van der Waals surface area contributed by atoms with Crippen molar-refractivity contribution in [3.8, 4) is 0 Å². The standard InChI is InChI=1S/C11H8F3NO/c12-11(13,14)10(16)9-5-7-3-1-2-4-8(7)6-15-9/h1-4,9,15H,5H2. The number of rotatable bonds is 1. The van der Waals surface area contributed by atoms with Crippen molar-refractivity contribution in [2.45, 2.75) is 18.6 Å². The Morgan fingerprint density at radius 1 is 1.38 bits per heavy atom. The molecule has 0 bridgehead atoms. The van der Waals surface area contributed by atoms with Gasteiger partial charge in [-0.25, -0.2) is 0 Å². The average molecular weight is 227 g/mol. The van der Waals surface area contributed by atoms with E-state index < -0.39 is 18.0 Å². The lowest BCUT2D eigenvalue weighted by molar-refractivity contribution is -0.173. The molecule has 16 heavy (non-hydrogen) atoms. The lowest BCUT2D eigenvalue weighted by Crippen LogP contribution is -2.46. The van der Waals surface area contributed by atoms with Gasteiger partial charge in [-0.1, -0.05) is 24.3 Å². The van der Waals surface area contributed by atoms with E-state index in [-0.39, 0.29) is 6.42 Å². The van der Waals surface area contributed by atoms with Crippen LogP contribution in [0, 0.1) is 6.54 Å². The van der Waals surface area contributed by atoms with Crippen LogP contribution < -0.4 is 5.32 Å². The normalized spacial score (nSPS) is 20.3. The van der Waals surface area contributed by atoms with Gasteiger partial charge >= 0.3 is 6.18 Å². The summed E-state index contributed by atoms with van der Waals surface area (Å²) in [5.74, 6) is -1.76. The highest BCUT2D eigenvalue weighted by Gasteiger charge is 2.44. The van der Waals surface area contributed by atoms with Gasteiger partial charge in [0, 0.05) is 0 Å². The second kappa shape index (κ2) is 3.90. The number of benzene rings is 1. The minimum Gasteiger partial charge on any atom is -0.293 e. The average Bonchev–Trinajstić information content (AvgIpc) is 2.26. The number of hydrogen-bond donors (Lipinski definition) is 1. The summed E-state index contributed by atoms with van der Waals surface area (Å²) in [6.07, 6.45) is -4.76. The fraction of sp³-hybridized carbons (Fsp3) is 0.273. The Kier molecular flexibility index (Phi) is 2.71. The molecule has 1 aromatic rings. The van der Waals surface area contributed by atoms with Gasteiger partial charge in [0.2, 0.25) is 0 Å². The predicted octanol–water partition coefficient (Wildman–Crippen LogP) is 1.72. The summed E-state index contributed by atoms with van der Waals surface area (Å²) >= 11 is 0. The number of fused-ring (bicyclic) bond motifs is 1. The third-order valence-corrected chi connectivity index (χ3v) is 2.42. The summed E-state index contributed by atoms with van der Waals surface area (Å²) in [4.78, 5) is 11.0. The van der Waals surface area contributed by atoms with Crippen LogP contribution in [-0.4, -0.2) is 18.0 Å². The highest BCUT2D eigenvalue weighted by atomic mass is 19.4. The molecule has 5 heteroatoms. The minimum absolute atomic E-state index is 0.0432. The van der Waals surface area contributed by atoms with Crippen molar-refractivity contribution in [1.82, 2.24) is 5.32 Å². The number of ketones is 1. The molecule has 0 aromatic heterocycles. The largest absolute Gasteiger partial charge is 0.451 e. The zero-order chi connectivity index (χ0) is 11.8. The zero-order valence-corrected chi connectivity index (χ0v) is 8.14. The fourth-order valence-corrected chi connectivity index (χ4v) is 1.61. The van der Waals surface area contributed by atoms with Crippen molar-refractivity contribution in [3.05, 3.63) is 41.9 Å². The molecule has 1 N–H and O–H groups in total. The van der Waals surface area contributed by atoms with Gasteiger partial charge in [0.1, 0.15) is 0 Å². The predicted molar refractivity (Wildman–Crippen MR) is 50.5 cm³/mol. The number of carbonyl (C=O) groups is 1. The topological polar surface area (TPSA) is 29.1 Å². The molecule has 0 saturated heterocycles. The lowest BCUT2D eigenvalue weighted by atomic mass is 9.93. The first-order valence-corrected chi connectivity index (χ1v) is 4.69. The van der Waals surface area contributed by atoms with Crippen molar-refractivity contribution in [2.24, 2.45) is 0 Å². The van der Waals surface area contributed by atoms with E-state index in [4.69, 9.17) is 0 Å². The first kappa shape index (κ1) is 11.1. The Morgan fingerprint density at radius 3 is 2.75 bits per heavy atom. The Balaban J connectivity index is 2.17. The van der Waals surface area contributed by atoms with Crippen molar-refractivity contribution in [2.75, 3.05) is 0 Å². The van der Waals surface area contributed by atoms with Crippen LogP contribution in [0.3, 0.4) is 0 Å². The van der Waals surface area contributed by atoms with Gasteiger partial charge in [-0.05, 0) is 17.5 Å². The first-order chi connectivity index (χ1) is 7.48. The number of halogens is 3. The summed E-state index contributed by atoms with van der Waals surface area (Å²) in [7, 11) is 0. The van der Waals surface area contributed by atoms with E-state index in [9.17, 15) is 18.0 Å². The van der Waals surface area contributed by atoms with Crippen LogP contribution in [0.2, 0.25) is 0 Å². The molecule has 1 aliphatic heterocycles. The molecule has 2 rings (SSSR count). The van der Waals surface area contributed by atoms with Crippen molar-refractivity contribution >= 4 is 5.78 Å². The Labute approximate surface area is 90.5 Å². The molecule has 2 nitrogen and oxygen atoms in total. The van der Waals surface area contributed by atoms with Gasteiger partial charge in [-0.2, -0.15) is 13.2 Å². The van der Waals surface area contributed by atoms with Crippen molar-refractivity contribution in [1.29, 1.82) is 0 Å². The molecule has 1 aromatic carbocycles. The monoisotopic (exact) mass is 227 g/mol. The summed E-state index contributed by atoms with van der Waals surface area (Å²) in [6, 6.07) is 5.66. The summed E-state index contributed by atoms with van der Waals surface area (Å²) in [5, 5.41) is 2.36. The molecule has 1 heterocycles. The highest BCUT2D eigenvalue weighted by Crippen LogP contribution is 2.24. The molecule has 0 amide bonds. The summed E-state index contributed by atoms with van der Waals surface area (Å²) in [6.45, 7) is 2.59. The van der Waals surface area contributed by atoms with Crippen LogP contribution in [0.5, 0.6) is 0 Å². The second-order valence-electron chi connectivity index (χ2n) is 3.55. The van der Waals surface area contributed by atoms with Crippen molar-refractivity contribution in [3.63, 3.8) is 0 Å². The Bertz CT molecular complexity index is 414. The van der Waals surface area contributed by atoms with E-state index in [1.165, 1.54) is 0 Å². The third kappa shape index (κ3) is 2.09. The molecule has 0 fully saturated rings. The molecule has 1 unspecified atom stereocenters. The smallest absolute Gasteiger partial charge is 0.293 e. The van der Waals surface area contributed by atoms with E-state index in [0.717, 1.165) is 0 Å². The summed E-state index contributed by atoms with van der Waals surface area (Å²) in [5.41, 5.74) is 1.40. The van der Waals surface area contributed by atoms with Gasteiger partial charge in [0.25, 0.3) is 5.78 Å². The Morgan fingerprint density at radius 2 is 2.06 bits per heavy atom. The number of hydrogen-bond acceptors (Lipinski definition) is 2. The van der Waals surface area contributed by atoms with Gasteiger partial charge in [-0.3, -0.25) is 10.1 Å². The number of carbonyl (C=O) groups excluding carboxylic acids is 1. The third-order valence-electron chi connectivity index (χ3n) is 2.42. The fourth-order valence-electron chi connectivity index (χ4n) is 1.61.